The third-order valence-electron chi connectivity index (χ3n) is 5.36. The minimum Gasteiger partial charge on any atom is -0.340 e. The molecule has 0 spiro atoms. The number of amides is 1. The highest BCUT2D eigenvalue weighted by Crippen LogP contribution is 2.43. The second-order valence-electron chi connectivity index (χ2n) is 6.68. The Morgan fingerprint density at radius 1 is 1.32 bits per heavy atom. The van der Waals surface area contributed by atoms with Crippen LogP contribution in [0.5, 0.6) is 0 Å². The van der Waals surface area contributed by atoms with Gasteiger partial charge < -0.3 is 10.2 Å². The van der Waals surface area contributed by atoms with Crippen LogP contribution in [0.3, 0.4) is 0 Å². The summed E-state index contributed by atoms with van der Waals surface area (Å²) in [6.45, 7) is 1.60. The summed E-state index contributed by atoms with van der Waals surface area (Å²) in [4.78, 5) is 15.3. The van der Waals surface area contributed by atoms with Gasteiger partial charge in [-0.15, -0.1) is 0 Å². The quantitative estimate of drug-likeness (QED) is 0.931. The van der Waals surface area contributed by atoms with Gasteiger partial charge in [0.25, 0.3) is 0 Å². The predicted molar refractivity (Wildman–Crippen MR) is 85.2 cm³/mol. The minimum atomic E-state index is -0.502. The molecule has 1 unspecified atom stereocenters. The molecule has 0 radical (unpaired) electrons. The fourth-order valence-electron chi connectivity index (χ4n) is 4.09. The summed E-state index contributed by atoms with van der Waals surface area (Å²) in [5, 5.41) is 3.29. The molecule has 1 aromatic rings. The molecule has 1 saturated heterocycles. The number of benzene rings is 1. The van der Waals surface area contributed by atoms with Crippen LogP contribution in [0, 0.1) is 5.82 Å². The Balaban J connectivity index is 1.89. The molecule has 0 bridgehead atoms. The van der Waals surface area contributed by atoms with Crippen LogP contribution < -0.4 is 5.32 Å². The number of hydrogen-bond acceptors (Lipinski definition) is 2. The Hall–Kier alpha value is -1.42. The van der Waals surface area contributed by atoms with Crippen LogP contribution in [0.2, 0.25) is 0 Å². The molecule has 1 aliphatic carbocycles. The van der Waals surface area contributed by atoms with E-state index in [0.29, 0.717) is 6.04 Å². The van der Waals surface area contributed by atoms with E-state index < -0.39 is 5.41 Å². The van der Waals surface area contributed by atoms with Crippen molar-refractivity contribution in [3.8, 4) is 0 Å². The topological polar surface area (TPSA) is 32.3 Å². The monoisotopic (exact) mass is 304 g/mol. The van der Waals surface area contributed by atoms with Crippen molar-refractivity contribution in [3.05, 3.63) is 35.6 Å². The molecule has 1 amide bonds. The van der Waals surface area contributed by atoms with E-state index in [-0.39, 0.29) is 11.7 Å². The van der Waals surface area contributed by atoms with E-state index in [0.717, 1.165) is 57.2 Å². The minimum absolute atomic E-state index is 0.204. The maximum Gasteiger partial charge on any atom is 0.233 e. The lowest BCUT2D eigenvalue weighted by atomic mass is 9.77. The van der Waals surface area contributed by atoms with E-state index in [1.54, 1.807) is 12.1 Å². The van der Waals surface area contributed by atoms with E-state index >= 15 is 0 Å². The molecule has 120 valence electrons. The molecule has 1 N–H and O–H groups in total. The molecule has 2 fully saturated rings. The van der Waals surface area contributed by atoms with E-state index in [9.17, 15) is 9.18 Å². The van der Waals surface area contributed by atoms with Crippen molar-refractivity contribution in [2.75, 3.05) is 20.1 Å². The number of piperidine rings is 1. The average molecular weight is 304 g/mol. The zero-order valence-corrected chi connectivity index (χ0v) is 13.3. The van der Waals surface area contributed by atoms with Crippen molar-refractivity contribution < 1.29 is 9.18 Å². The van der Waals surface area contributed by atoms with Gasteiger partial charge in [-0.3, -0.25) is 4.79 Å². The average Bonchev–Trinajstić information content (AvgIpc) is 3.05. The van der Waals surface area contributed by atoms with Gasteiger partial charge in [-0.2, -0.15) is 0 Å². The largest absolute Gasteiger partial charge is 0.340 e. The van der Waals surface area contributed by atoms with Crippen LogP contribution >= 0.6 is 0 Å². The molecule has 1 saturated carbocycles. The van der Waals surface area contributed by atoms with Crippen molar-refractivity contribution in [2.45, 2.75) is 50.0 Å². The van der Waals surface area contributed by atoms with E-state index in [1.165, 1.54) is 6.07 Å². The lowest BCUT2D eigenvalue weighted by Gasteiger charge is -2.39. The summed E-state index contributed by atoms with van der Waals surface area (Å²) < 4.78 is 13.7. The van der Waals surface area contributed by atoms with Crippen molar-refractivity contribution in [1.29, 1.82) is 0 Å². The van der Waals surface area contributed by atoms with Gasteiger partial charge in [0.2, 0.25) is 5.91 Å². The number of carbonyl (C=O) groups is 1. The zero-order chi connectivity index (χ0) is 15.6. The van der Waals surface area contributed by atoms with E-state index in [1.807, 2.05) is 18.0 Å². The van der Waals surface area contributed by atoms with Crippen molar-refractivity contribution in [1.82, 2.24) is 10.2 Å². The number of likely N-dealkylation sites (N-methyl/N-ethyl adjacent to an activating group) is 1. The van der Waals surface area contributed by atoms with Crippen molar-refractivity contribution >= 4 is 5.91 Å². The molecular formula is C18H25FN2O. The summed E-state index contributed by atoms with van der Waals surface area (Å²) in [5.74, 6) is -0.0427. The molecule has 3 rings (SSSR count). The molecule has 0 aromatic heterocycles. The maximum absolute atomic E-state index is 13.7. The SMILES string of the molecule is CNC1CCCN(C(=O)C2(c3cccc(F)c3)CCCC2)C1. The number of rotatable bonds is 3. The third-order valence-corrected chi connectivity index (χ3v) is 5.36. The van der Waals surface area contributed by atoms with E-state index in [2.05, 4.69) is 5.32 Å². The Morgan fingerprint density at radius 3 is 2.77 bits per heavy atom. The normalized spacial score (nSPS) is 24.5. The highest BCUT2D eigenvalue weighted by Gasteiger charge is 2.45. The molecular weight excluding hydrogens is 279 g/mol. The summed E-state index contributed by atoms with van der Waals surface area (Å²) in [6, 6.07) is 7.04. The van der Waals surface area contributed by atoms with E-state index in [4.69, 9.17) is 0 Å². The summed E-state index contributed by atoms with van der Waals surface area (Å²) >= 11 is 0. The van der Waals surface area contributed by atoms with Crippen LogP contribution in [0.15, 0.2) is 24.3 Å². The standard InChI is InChI=1S/C18H25FN2O/c1-20-16-8-5-11-21(13-16)17(22)18(9-2-3-10-18)14-6-4-7-15(19)12-14/h4,6-7,12,16,20H,2-3,5,8-11,13H2,1H3. The first-order valence-electron chi connectivity index (χ1n) is 8.38. The van der Waals surface area contributed by atoms with Crippen LogP contribution in [0.25, 0.3) is 0 Å². The second kappa shape index (κ2) is 6.37. The van der Waals surface area contributed by atoms with Crippen LogP contribution in [-0.4, -0.2) is 37.0 Å². The number of nitrogens with zero attached hydrogens (tertiary/aromatic N) is 1. The highest BCUT2D eigenvalue weighted by molar-refractivity contribution is 5.88. The van der Waals surface area contributed by atoms with Gasteiger partial charge in [-0.05, 0) is 50.4 Å². The number of hydrogen-bond donors (Lipinski definition) is 1. The summed E-state index contributed by atoms with van der Waals surface area (Å²) in [6.07, 6.45) is 5.94. The Bertz CT molecular complexity index is 540. The molecule has 1 aromatic carbocycles. The van der Waals surface area contributed by atoms with Gasteiger partial charge in [0.15, 0.2) is 0 Å². The van der Waals surface area contributed by atoms with Gasteiger partial charge in [-0.25, -0.2) is 4.39 Å². The number of halogens is 1. The number of carbonyl (C=O) groups excluding carboxylic acids is 1. The second-order valence-corrected chi connectivity index (χ2v) is 6.68. The molecule has 4 heteroatoms. The predicted octanol–water partition coefficient (Wildman–Crippen LogP) is 2.85. The first-order valence-corrected chi connectivity index (χ1v) is 8.38. The van der Waals surface area contributed by atoms with Gasteiger partial charge in [0.1, 0.15) is 5.82 Å². The third kappa shape index (κ3) is 2.76. The Morgan fingerprint density at radius 2 is 2.09 bits per heavy atom. The first-order chi connectivity index (χ1) is 10.7. The van der Waals surface area contributed by atoms with Crippen LogP contribution in [0.4, 0.5) is 4.39 Å². The molecule has 1 aliphatic heterocycles. The Kier molecular flexibility index (Phi) is 4.48. The molecule has 1 atom stereocenters. The molecule has 3 nitrogen and oxygen atoms in total. The molecule has 2 aliphatic rings. The van der Waals surface area contributed by atoms with Crippen molar-refractivity contribution in [2.24, 2.45) is 0 Å². The maximum atomic E-state index is 13.7. The molecule has 22 heavy (non-hydrogen) atoms. The summed E-state index contributed by atoms with van der Waals surface area (Å²) in [7, 11) is 1.95. The van der Waals surface area contributed by atoms with Gasteiger partial charge >= 0.3 is 0 Å². The fraction of sp³-hybridized carbons (Fsp3) is 0.611. The number of nitrogens with one attached hydrogen (secondary N) is 1. The van der Waals surface area contributed by atoms with Crippen LogP contribution in [0.1, 0.15) is 44.1 Å². The van der Waals surface area contributed by atoms with Gasteiger partial charge in [0.05, 0.1) is 5.41 Å². The molecule has 1 heterocycles. The van der Waals surface area contributed by atoms with Gasteiger partial charge in [-0.1, -0.05) is 25.0 Å². The highest BCUT2D eigenvalue weighted by atomic mass is 19.1. The smallest absolute Gasteiger partial charge is 0.233 e. The van der Waals surface area contributed by atoms with Gasteiger partial charge in [0, 0.05) is 19.1 Å². The first kappa shape index (κ1) is 15.5. The summed E-state index contributed by atoms with van der Waals surface area (Å²) in [5.41, 5.74) is 0.360. The van der Waals surface area contributed by atoms with Crippen LogP contribution in [-0.2, 0) is 10.2 Å². The Labute approximate surface area is 131 Å². The zero-order valence-electron chi connectivity index (χ0n) is 13.3. The lowest BCUT2D eigenvalue weighted by molar-refractivity contribution is -0.138. The number of likely N-dealkylation sites (tertiary alicyclic amines) is 1. The van der Waals surface area contributed by atoms with Crippen molar-refractivity contribution in [3.63, 3.8) is 0 Å². The lowest BCUT2D eigenvalue weighted by Crippen LogP contribution is -2.52. The fourth-order valence-corrected chi connectivity index (χ4v) is 4.09.